The van der Waals surface area contributed by atoms with Crippen molar-refractivity contribution in [2.24, 2.45) is 11.5 Å². The smallest absolute Gasteiger partial charge is 0.326 e. The minimum absolute atomic E-state index is 0.194. The first kappa shape index (κ1) is 29.4. The van der Waals surface area contributed by atoms with Crippen molar-refractivity contribution in [3.8, 4) is 0 Å². The Labute approximate surface area is 206 Å². The Kier molecular flexibility index (Phi) is 12.2. The highest BCUT2D eigenvalue weighted by Crippen LogP contribution is 2.04. The largest absolute Gasteiger partial charge is 0.481 e. The molecule has 0 radical (unpaired) electrons. The summed E-state index contributed by atoms with van der Waals surface area (Å²) in [5.41, 5.74) is 11.7. The minimum Gasteiger partial charge on any atom is -0.481 e. The Morgan fingerprint density at radius 1 is 0.857 bits per heavy atom. The van der Waals surface area contributed by atoms with Crippen LogP contribution < -0.4 is 27.4 Å². The average molecular weight is 512 g/mol. The molecular formula is C21H29N5O8S. The van der Waals surface area contributed by atoms with E-state index in [0.717, 1.165) is 5.56 Å². The summed E-state index contributed by atoms with van der Waals surface area (Å²) in [5, 5.41) is 25.0. The Balaban J connectivity index is 2.84. The van der Waals surface area contributed by atoms with E-state index < -0.39 is 66.2 Å². The van der Waals surface area contributed by atoms with Gasteiger partial charge in [-0.05, 0) is 18.4 Å². The molecular weight excluding hydrogens is 482 g/mol. The van der Waals surface area contributed by atoms with E-state index in [9.17, 15) is 33.9 Å². The molecule has 4 atom stereocenters. The van der Waals surface area contributed by atoms with Crippen molar-refractivity contribution in [1.82, 2.24) is 16.0 Å². The van der Waals surface area contributed by atoms with E-state index in [4.69, 9.17) is 16.6 Å². The molecule has 0 bridgehead atoms. The number of carbonyl (C=O) groups excluding carboxylic acids is 4. The maximum Gasteiger partial charge on any atom is 0.326 e. The van der Waals surface area contributed by atoms with Crippen molar-refractivity contribution in [2.45, 2.75) is 49.9 Å². The van der Waals surface area contributed by atoms with Crippen LogP contribution in [0.2, 0.25) is 0 Å². The molecule has 192 valence electrons. The zero-order valence-electron chi connectivity index (χ0n) is 18.7. The van der Waals surface area contributed by atoms with E-state index in [0.29, 0.717) is 0 Å². The summed E-state index contributed by atoms with van der Waals surface area (Å²) >= 11 is 4.02. The monoisotopic (exact) mass is 511 g/mol. The van der Waals surface area contributed by atoms with E-state index in [1.54, 1.807) is 30.3 Å². The highest BCUT2D eigenvalue weighted by Gasteiger charge is 2.31. The summed E-state index contributed by atoms with van der Waals surface area (Å²) in [6.45, 7) is 0. The zero-order chi connectivity index (χ0) is 26.5. The van der Waals surface area contributed by atoms with Gasteiger partial charge in [-0.1, -0.05) is 30.3 Å². The van der Waals surface area contributed by atoms with Crippen LogP contribution in [0.3, 0.4) is 0 Å². The van der Waals surface area contributed by atoms with Crippen LogP contribution in [0.4, 0.5) is 0 Å². The molecule has 4 amide bonds. The molecule has 4 unspecified atom stereocenters. The van der Waals surface area contributed by atoms with Crippen LogP contribution in [0, 0.1) is 0 Å². The highest BCUT2D eigenvalue weighted by molar-refractivity contribution is 7.80. The van der Waals surface area contributed by atoms with Gasteiger partial charge in [0.15, 0.2) is 0 Å². The number of hydrogen-bond acceptors (Lipinski definition) is 8. The van der Waals surface area contributed by atoms with Gasteiger partial charge < -0.3 is 37.6 Å². The third kappa shape index (κ3) is 10.9. The first-order valence-electron chi connectivity index (χ1n) is 10.5. The number of primary amides is 1. The van der Waals surface area contributed by atoms with Crippen molar-refractivity contribution in [2.75, 3.05) is 5.75 Å². The van der Waals surface area contributed by atoms with Crippen LogP contribution in [0.1, 0.15) is 24.8 Å². The number of carboxylic acids is 2. The van der Waals surface area contributed by atoms with E-state index in [1.807, 2.05) is 0 Å². The Morgan fingerprint density at radius 3 is 1.91 bits per heavy atom. The molecule has 0 aromatic heterocycles. The fourth-order valence-electron chi connectivity index (χ4n) is 2.91. The quantitative estimate of drug-likeness (QED) is 0.119. The number of benzene rings is 1. The van der Waals surface area contributed by atoms with Gasteiger partial charge in [-0.25, -0.2) is 4.79 Å². The second-order valence-corrected chi connectivity index (χ2v) is 7.97. The summed E-state index contributed by atoms with van der Waals surface area (Å²) < 4.78 is 0. The van der Waals surface area contributed by atoms with E-state index in [-0.39, 0.29) is 25.0 Å². The fourth-order valence-corrected chi connectivity index (χ4v) is 3.16. The highest BCUT2D eigenvalue weighted by atomic mass is 32.1. The van der Waals surface area contributed by atoms with Crippen molar-refractivity contribution in [1.29, 1.82) is 0 Å². The molecule has 0 saturated carbocycles. The number of carboxylic acid groups (broad SMARTS) is 2. The Morgan fingerprint density at radius 2 is 1.40 bits per heavy atom. The zero-order valence-corrected chi connectivity index (χ0v) is 19.6. The maximum absolute atomic E-state index is 12.7. The summed E-state index contributed by atoms with van der Waals surface area (Å²) in [6, 6.07) is 3.44. The first-order chi connectivity index (χ1) is 16.4. The van der Waals surface area contributed by atoms with Crippen LogP contribution in [0.25, 0.3) is 0 Å². The number of carbonyl (C=O) groups is 6. The summed E-state index contributed by atoms with van der Waals surface area (Å²) in [4.78, 5) is 71.1. The summed E-state index contributed by atoms with van der Waals surface area (Å²) in [7, 11) is 0. The first-order valence-corrected chi connectivity index (χ1v) is 11.1. The molecule has 0 fully saturated rings. The average Bonchev–Trinajstić information content (AvgIpc) is 2.79. The van der Waals surface area contributed by atoms with E-state index >= 15 is 0 Å². The van der Waals surface area contributed by atoms with Crippen molar-refractivity contribution in [3.63, 3.8) is 0 Å². The number of amides is 4. The normalized spacial score (nSPS) is 14.0. The molecule has 13 nitrogen and oxygen atoms in total. The molecule has 0 spiro atoms. The van der Waals surface area contributed by atoms with Gasteiger partial charge in [0.1, 0.15) is 18.1 Å². The number of hydrogen-bond donors (Lipinski definition) is 8. The van der Waals surface area contributed by atoms with Crippen LogP contribution in [-0.2, 0) is 35.2 Å². The lowest BCUT2D eigenvalue weighted by Crippen LogP contribution is -2.58. The van der Waals surface area contributed by atoms with Gasteiger partial charge in [0.25, 0.3) is 0 Å². The second kappa shape index (κ2) is 14.6. The van der Waals surface area contributed by atoms with Crippen LogP contribution in [-0.4, -0.2) is 75.7 Å². The topological polar surface area (TPSA) is 231 Å². The van der Waals surface area contributed by atoms with Gasteiger partial charge in [-0.15, -0.1) is 0 Å². The molecule has 1 aromatic carbocycles. The second-order valence-electron chi connectivity index (χ2n) is 7.60. The van der Waals surface area contributed by atoms with Crippen LogP contribution >= 0.6 is 12.6 Å². The molecule has 14 heteroatoms. The van der Waals surface area contributed by atoms with Gasteiger partial charge in [0.2, 0.25) is 23.6 Å². The predicted octanol–water partition coefficient (Wildman–Crippen LogP) is -2.23. The lowest BCUT2D eigenvalue weighted by atomic mass is 10.1. The van der Waals surface area contributed by atoms with Crippen LogP contribution in [0.5, 0.6) is 0 Å². The lowest BCUT2D eigenvalue weighted by molar-refractivity contribution is -0.143. The predicted molar refractivity (Wildman–Crippen MR) is 126 cm³/mol. The summed E-state index contributed by atoms with van der Waals surface area (Å²) in [6.07, 6.45) is -1.36. The molecule has 9 N–H and O–H groups in total. The van der Waals surface area contributed by atoms with Gasteiger partial charge in [-0.2, -0.15) is 12.6 Å². The third-order valence-corrected chi connectivity index (χ3v) is 5.12. The SMILES string of the molecule is NC(=O)CCC(NC(=O)C(CC(=O)O)NC(=O)C(CS)NC(=O)C(N)Cc1ccccc1)C(=O)O. The molecule has 0 saturated heterocycles. The molecule has 0 aliphatic carbocycles. The molecule has 1 rings (SSSR count). The fraction of sp³-hybridized carbons (Fsp3) is 0.429. The van der Waals surface area contributed by atoms with Gasteiger partial charge in [0, 0.05) is 12.2 Å². The van der Waals surface area contributed by atoms with E-state index in [2.05, 4.69) is 28.6 Å². The number of rotatable bonds is 15. The van der Waals surface area contributed by atoms with Gasteiger partial charge in [-0.3, -0.25) is 24.0 Å². The molecule has 1 aromatic rings. The van der Waals surface area contributed by atoms with Crippen molar-refractivity contribution >= 4 is 48.2 Å². The van der Waals surface area contributed by atoms with Gasteiger partial charge in [0.05, 0.1) is 12.5 Å². The molecule has 0 aliphatic rings. The number of nitrogens with two attached hydrogens (primary N) is 2. The Bertz CT molecular complexity index is 930. The minimum atomic E-state index is -1.67. The molecule has 0 heterocycles. The van der Waals surface area contributed by atoms with Crippen LogP contribution in [0.15, 0.2) is 30.3 Å². The molecule has 0 aliphatic heterocycles. The van der Waals surface area contributed by atoms with Gasteiger partial charge >= 0.3 is 11.9 Å². The van der Waals surface area contributed by atoms with Crippen molar-refractivity contribution < 1.29 is 39.0 Å². The molecule has 35 heavy (non-hydrogen) atoms. The third-order valence-electron chi connectivity index (χ3n) is 4.76. The van der Waals surface area contributed by atoms with Crippen molar-refractivity contribution in [3.05, 3.63) is 35.9 Å². The number of aliphatic carboxylic acids is 2. The number of thiol groups is 1. The maximum atomic E-state index is 12.7. The van der Waals surface area contributed by atoms with E-state index in [1.165, 1.54) is 0 Å². The summed E-state index contributed by atoms with van der Waals surface area (Å²) in [5.74, 6) is -6.63. The number of nitrogens with one attached hydrogen (secondary N) is 3. The Hall–Kier alpha value is -3.65. The standard InChI is InChI=1S/C21H29N5O8S/c22-12(8-11-4-2-1-3-5-11)18(30)26-15(10-35)20(32)25-14(9-17(28)29)19(31)24-13(21(33)34)6-7-16(23)27/h1-5,12-15,35H,6-10,22H2,(H2,23,27)(H,24,31)(H,25,32)(H,26,30)(H,28,29)(H,33,34). The lowest BCUT2D eigenvalue weighted by Gasteiger charge is -2.23.